The highest BCUT2D eigenvalue weighted by Gasteiger charge is 2.09. The summed E-state index contributed by atoms with van der Waals surface area (Å²) in [5.41, 5.74) is 3.92. The molecule has 0 radical (unpaired) electrons. The molecule has 5 heteroatoms. The third-order valence-corrected chi connectivity index (χ3v) is 3.34. The smallest absolute Gasteiger partial charge is 0.113 e. The lowest BCUT2D eigenvalue weighted by Crippen LogP contribution is -2.09. The molecular formula is C18H19N5. The average Bonchev–Trinajstić information content (AvgIpc) is 2.97. The van der Waals surface area contributed by atoms with Crippen molar-refractivity contribution in [2.75, 3.05) is 14.1 Å². The number of hydrogen-bond acceptors (Lipinski definition) is 3. The molecule has 1 heterocycles. The Kier molecular flexibility index (Phi) is 4.47. The molecule has 0 bridgehead atoms. The largest absolute Gasteiger partial charge is 0.367 e. The Morgan fingerprint density at radius 3 is 2.57 bits per heavy atom. The van der Waals surface area contributed by atoms with Gasteiger partial charge in [0.25, 0.3) is 0 Å². The molecule has 0 amide bonds. The van der Waals surface area contributed by atoms with Gasteiger partial charge in [-0.15, -0.1) is 5.10 Å². The summed E-state index contributed by atoms with van der Waals surface area (Å²) >= 11 is 0. The van der Waals surface area contributed by atoms with Crippen molar-refractivity contribution in [1.82, 2.24) is 14.9 Å². The van der Waals surface area contributed by atoms with Gasteiger partial charge >= 0.3 is 0 Å². The number of nitrogens with zero attached hydrogens (tertiary/aromatic N) is 4. The first-order valence-electron chi connectivity index (χ1n) is 7.48. The molecule has 0 atom stereocenters. The number of benzene rings is 2. The zero-order valence-corrected chi connectivity index (χ0v) is 13.3. The second-order valence-electron chi connectivity index (χ2n) is 5.48. The van der Waals surface area contributed by atoms with Crippen LogP contribution in [-0.4, -0.2) is 41.0 Å². The second kappa shape index (κ2) is 6.87. The number of nitrogens with one attached hydrogen (secondary N) is 1. The molecule has 116 valence electrons. The number of rotatable bonds is 5. The molecule has 5 nitrogen and oxygen atoms in total. The molecule has 3 rings (SSSR count). The van der Waals surface area contributed by atoms with Crippen molar-refractivity contribution in [3.8, 4) is 0 Å². The fourth-order valence-corrected chi connectivity index (χ4v) is 2.27. The van der Waals surface area contributed by atoms with Crippen LogP contribution in [-0.2, 0) is 6.42 Å². The molecule has 3 aromatic rings. The van der Waals surface area contributed by atoms with E-state index in [0.717, 1.165) is 28.1 Å². The van der Waals surface area contributed by atoms with Crippen LogP contribution in [0.2, 0.25) is 0 Å². The molecule has 1 aromatic heterocycles. The fourth-order valence-electron chi connectivity index (χ4n) is 2.27. The Morgan fingerprint density at radius 1 is 1.09 bits per heavy atom. The maximum Gasteiger partial charge on any atom is 0.113 e. The van der Waals surface area contributed by atoms with E-state index >= 15 is 0 Å². The number of aromatic nitrogens is 2. The SMILES string of the molecule is CN(C)/C=N/N=C(\Cc1nc2ccccc2[nH]1)c1ccccc1. The third-order valence-electron chi connectivity index (χ3n) is 3.34. The van der Waals surface area contributed by atoms with Crippen LogP contribution in [0.3, 0.4) is 0 Å². The van der Waals surface area contributed by atoms with Gasteiger partial charge in [0.15, 0.2) is 0 Å². The molecule has 0 fully saturated rings. The van der Waals surface area contributed by atoms with E-state index in [9.17, 15) is 0 Å². The number of hydrogen-bond donors (Lipinski definition) is 1. The minimum absolute atomic E-state index is 0.601. The summed E-state index contributed by atoms with van der Waals surface area (Å²) in [6, 6.07) is 18.1. The first-order chi connectivity index (χ1) is 11.2. The van der Waals surface area contributed by atoms with E-state index in [0.29, 0.717) is 6.42 Å². The summed E-state index contributed by atoms with van der Waals surface area (Å²) in [5.74, 6) is 0.883. The lowest BCUT2D eigenvalue weighted by Gasteiger charge is -2.04. The molecule has 0 aliphatic rings. The zero-order chi connectivity index (χ0) is 16.1. The van der Waals surface area contributed by atoms with Crippen LogP contribution in [0.4, 0.5) is 0 Å². The van der Waals surface area contributed by atoms with E-state index in [1.807, 2.05) is 73.6 Å². The standard InChI is InChI=1S/C18H19N5/c1-23(2)13-19-22-17(14-8-4-3-5-9-14)12-18-20-15-10-6-7-11-16(15)21-18/h3-11,13H,12H2,1-2H3,(H,20,21)/b19-13+,22-17+. The van der Waals surface area contributed by atoms with Gasteiger partial charge in [-0.2, -0.15) is 5.10 Å². The predicted molar refractivity (Wildman–Crippen MR) is 95.0 cm³/mol. The predicted octanol–water partition coefficient (Wildman–Crippen LogP) is 3.10. The van der Waals surface area contributed by atoms with Crippen molar-refractivity contribution in [3.05, 3.63) is 66.0 Å². The summed E-state index contributed by atoms with van der Waals surface area (Å²) in [7, 11) is 3.83. The number of imidazole rings is 1. The highest BCUT2D eigenvalue weighted by atomic mass is 15.3. The summed E-state index contributed by atoms with van der Waals surface area (Å²) in [6.07, 6.45) is 2.28. The molecular weight excluding hydrogens is 286 g/mol. The normalized spacial score (nSPS) is 12.2. The Balaban J connectivity index is 1.91. The van der Waals surface area contributed by atoms with Gasteiger partial charge in [0.05, 0.1) is 23.2 Å². The van der Waals surface area contributed by atoms with Crippen LogP contribution in [0.25, 0.3) is 11.0 Å². The summed E-state index contributed by atoms with van der Waals surface area (Å²) in [5, 5.41) is 8.53. The quantitative estimate of drug-likeness (QED) is 0.447. The van der Waals surface area contributed by atoms with Crippen molar-refractivity contribution in [2.45, 2.75) is 6.42 Å². The number of aromatic amines is 1. The second-order valence-corrected chi connectivity index (χ2v) is 5.48. The van der Waals surface area contributed by atoms with E-state index < -0.39 is 0 Å². The van der Waals surface area contributed by atoms with Crippen LogP contribution < -0.4 is 0 Å². The molecule has 0 aliphatic heterocycles. The van der Waals surface area contributed by atoms with Gasteiger partial charge < -0.3 is 9.88 Å². The molecule has 0 saturated carbocycles. The Morgan fingerprint density at radius 2 is 1.83 bits per heavy atom. The summed E-state index contributed by atoms with van der Waals surface area (Å²) in [4.78, 5) is 9.82. The van der Waals surface area contributed by atoms with E-state index in [-0.39, 0.29) is 0 Å². The topological polar surface area (TPSA) is 56.6 Å². The fraction of sp³-hybridized carbons (Fsp3) is 0.167. The molecule has 0 aliphatic carbocycles. The van der Waals surface area contributed by atoms with Gasteiger partial charge in [-0.1, -0.05) is 42.5 Å². The van der Waals surface area contributed by atoms with E-state index in [1.165, 1.54) is 0 Å². The minimum atomic E-state index is 0.601. The highest BCUT2D eigenvalue weighted by molar-refractivity contribution is 6.01. The highest BCUT2D eigenvalue weighted by Crippen LogP contribution is 2.13. The first kappa shape index (κ1) is 15.0. The molecule has 0 spiro atoms. The molecule has 23 heavy (non-hydrogen) atoms. The molecule has 2 aromatic carbocycles. The Bertz CT molecular complexity index is 798. The van der Waals surface area contributed by atoms with E-state index in [4.69, 9.17) is 0 Å². The van der Waals surface area contributed by atoms with Crippen molar-refractivity contribution in [3.63, 3.8) is 0 Å². The van der Waals surface area contributed by atoms with Crippen LogP contribution in [0.15, 0.2) is 64.8 Å². The van der Waals surface area contributed by atoms with Crippen molar-refractivity contribution in [2.24, 2.45) is 10.2 Å². The maximum atomic E-state index is 4.62. The summed E-state index contributed by atoms with van der Waals surface area (Å²) in [6.45, 7) is 0. The van der Waals surface area contributed by atoms with Crippen molar-refractivity contribution < 1.29 is 0 Å². The molecule has 0 saturated heterocycles. The number of para-hydroxylation sites is 2. The van der Waals surface area contributed by atoms with Crippen molar-refractivity contribution >= 4 is 23.1 Å². The average molecular weight is 305 g/mol. The van der Waals surface area contributed by atoms with E-state index in [2.05, 4.69) is 20.2 Å². The third kappa shape index (κ3) is 3.83. The Labute approximate surface area is 135 Å². The van der Waals surface area contributed by atoms with Gasteiger partial charge in [-0.25, -0.2) is 4.98 Å². The zero-order valence-electron chi connectivity index (χ0n) is 13.3. The molecule has 0 unspecified atom stereocenters. The van der Waals surface area contributed by atoms with E-state index in [1.54, 1.807) is 6.34 Å². The van der Waals surface area contributed by atoms with Crippen LogP contribution in [0.5, 0.6) is 0 Å². The van der Waals surface area contributed by atoms with Gasteiger partial charge in [0, 0.05) is 14.1 Å². The minimum Gasteiger partial charge on any atom is -0.367 e. The van der Waals surface area contributed by atoms with Crippen molar-refractivity contribution in [1.29, 1.82) is 0 Å². The number of fused-ring (bicyclic) bond motifs is 1. The lowest BCUT2D eigenvalue weighted by molar-refractivity contribution is 0.640. The first-order valence-corrected chi connectivity index (χ1v) is 7.48. The lowest BCUT2D eigenvalue weighted by atomic mass is 10.1. The number of H-pyrrole nitrogens is 1. The Hall–Kier alpha value is -2.95. The van der Waals surface area contributed by atoms with Gasteiger partial charge in [0.2, 0.25) is 0 Å². The summed E-state index contributed by atoms with van der Waals surface area (Å²) < 4.78 is 0. The van der Waals surface area contributed by atoms with Crippen LogP contribution >= 0.6 is 0 Å². The monoisotopic (exact) mass is 305 g/mol. The van der Waals surface area contributed by atoms with Crippen LogP contribution in [0, 0.1) is 0 Å². The van der Waals surface area contributed by atoms with Crippen LogP contribution in [0.1, 0.15) is 11.4 Å². The maximum absolute atomic E-state index is 4.62. The molecule has 1 N–H and O–H groups in total. The van der Waals surface area contributed by atoms with Gasteiger partial charge in [-0.05, 0) is 17.7 Å². The van der Waals surface area contributed by atoms with Gasteiger partial charge in [-0.3, -0.25) is 0 Å². The van der Waals surface area contributed by atoms with Gasteiger partial charge in [0.1, 0.15) is 12.2 Å².